The third-order valence-electron chi connectivity index (χ3n) is 6.16. The maximum atomic E-state index is 11.9. The Morgan fingerprint density at radius 2 is 1.77 bits per heavy atom. The lowest BCUT2D eigenvalue weighted by Crippen LogP contribution is -2.50. The molecule has 0 radical (unpaired) electrons. The van der Waals surface area contributed by atoms with Crippen LogP contribution in [0.25, 0.3) is 16.7 Å². The number of rotatable bonds is 11. The van der Waals surface area contributed by atoms with E-state index in [9.17, 15) is 4.79 Å². The van der Waals surface area contributed by atoms with Gasteiger partial charge in [-0.1, -0.05) is 16.8 Å². The fraction of sp³-hybridized carbons (Fsp3) is 0.500. The maximum Gasteiger partial charge on any atom is 0.234 e. The zero-order valence-corrected chi connectivity index (χ0v) is 21.4. The molecule has 1 N–H and O–H groups in total. The number of amides is 1. The molecule has 0 unspecified atom stereocenters. The maximum absolute atomic E-state index is 11.9. The van der Waals surface area contributed by atoms with Crippen molar-refractivity contribution in [2.24, 2.45) is 0 Å². The van der Waals surface area contributed by atoms with Crippen LogP contribution in [0, 0.1) is 0 Å². The van der Waals surface area contributed by atoms with Gasteiger partial charge in [0.05, 0.1) is 24.4 Å². The van der Waals surface area contributed by atoms with Crippen molar-refractivity contribution >= 4 is 28.5 Å². The Balaban J connectivity index is 1.12. The van der Waals surface area contributed by atoms with Crippen molar-refractivity contribution in [3.05, 3.63) is 47.5 Å². The van der Waals surface area contributed by atoms with Crippen LogP contribution in [0.4, 0.5) is 0 Å². The van der Waals surface area contributed by atoms with Gasteiger partial charge in [-0.15, -0.1) is 5.10 Å². The molecule has 1 saturated heterocycles. The Morgan fingerprint density at radius 1 is 1.03 bits per heavy atom. The number of carbonyl (C=O) groups excluding carboxylic acids is 1. The number of halogens is 1. The van der Waals surface area contributed by atoms with Crippen LogP contribution in [-0.2, 0) is 4.79 Å². The monoisotopic (exact) mass is 498 g/mol. The van der Waals surface area contributed by atoms with Crippen LogP contribution in [0.3, 0.4) is 0 Å². The Hall–Kier alpha value is -2.68. The smallest absolute Gasteiger partial charge is 0.234 e. The Labute approximate surface area is 212 Å². The van der Waals surface area contributed by atoms with Gasteiger partial charge in [0.15, 0.2) is 0 Å². The van der Waals surface area contributed by atoms with Gasteiger partial charge >= 0.3 is 0 Å². The molecule has 2 aromatic carbocycles. The van der Waals surface area contributed by atoms with Crippen molar-refractivity contribution in [1.82, 2.24) is 30.1 Å². The number of nitrogens with zero attached hydrogens (tertiary/aromatic N) is 5. The number of unbranched alkanes of at least 4 members (excludes halogenated alkanes) is 2. The Kier molecular flexibility index (Phi) is 8.95. The summed E-state index contributed by atoms with van der Waals surface area (Å²) in [5.74, 6) is 0.942. The zero-order chi connectivity index (χ0) is 24.6. The van der Waals surface area contributed by atoms with Gasteiger partial charge in [0, 0.05) is 43.3 Å². The van der Waals surface area contributed by atoms with Crippen LogP contribution >= 0.6 is 11.6 Å². The number of nitrogens with one attached hydrogen (secondary N) is 1. The second-order valence-electron chi connectivity index (χ2n) is 9.38. The summed E-state index contributed by atoms with van der Waals surface area (Å²) in [4.78, 5) is 16.7. The molecule has 9 heteroatoms. The van der Waals surface area contributed by atoms with Crippen molar-refractivity contribution in [1.29, 1.82) is 0 Å². The highest BCUT2D eigenvalue weighted by atomic mass is 35.5. The first-order chi connectivity index (χ1) is 17.0. The predicted octanol–water partition coefficient (Wildman–Crippen LogP) is 3.77. The van der Waals surface area contributed by atoms with Gasteiger partial charge < -0.3 is 15.0 Å². The summed E-state index contributed by atoms with van der Waals surface area (Å²) >= 11 is 5.99. The number of hydrogen-bond donors (Lipinski definition) is 1. The third kappa shape index (κ3) is 7.40. The van der Waals surface area contributed by atoms with Crippen LogP contribution in [0.1, 0.15) is 33.1 Å². The van der Waals surface area contributed by atoms with Crippen LogP contribution in [0.15, 0.2) is 42.5 Å². The van der Waals surface area contributed by atoms with Crippen molar-refractivity contribution in [2.75, 3.05) is 45.9 Å². The molecule has 3 aromatic rings. The van der Waals surface area contributed by atoms with E-state index in [1.165, 1.54) is 0 Å². The quantitative estimate of drug-likeness (QED) is 0.406. The van der Waals surface area contributed by atoms with Gasteiger partial charge in [-0.3, -0.25) is 9.69 Å². The summed E-state index contributed by atoms with van der Waals surface area (Å²) in [5, 5.41) is 12.2. The van der Waals surface area contributed by atoms with Gasteiger partial charge in [-0.05, 0) is 76.1 Å². The van der Waals surface area contributed by atoms with E-state index in [0.717, 1.165) is 74.5 Å². The minimum atomic E-state index is 0.124. The zero-order valence-electron chi connectivity index (χ0n) is 20.6. The first-order valence-electron chi connectivity index (χ1n) is 12.5. The molecule has 188 valence electrons. The van der Waals surface area contributed by atoms with Gasteiger partial charge in [-0.2, -0.15) is 0 Å². The van der Waals surface area contributed by atoms with E-state index in [0.29, 0.717) is 18.2 Å². The Morgan fingerprint density at radius 3 is 2.51 bits per heavy atom. The average Bonchev–Trinajstić information content (AvgIpc) is 3.25. The molecular weight excluding hydrogens is 464 g/mol. The summed E-state index contributed by atoms with van der Waals surface area (Å²) in [6.07, 6.45) is 3.31. The minimum Gasteiger partial charge on any atom is -0.494 e. The van der Waals surface area contributed by atoms with Crippen LogP contribution < -0.4 is 10.1 Å². The van der Waals surface area contributed by atoms with E-state index >= 15 is 0 Å². The second-order valence-corrected chi connectivity index (χ2v) is 9.81. The van der Waals surface area contributed by atoms with E-state index in [1.807, 2.05) is 56.3 Å². The standard InChI is InChI=1S/C26H35ClN6O2/c1-20(2)28-26(34)19-32-15-13-31(14-16-32)12-4-3-5-17-35-23-10-11-25-24(18-23)29-30-33(25)22-8-6-21(27)7-9-22/h6-11,18,20H,3-5,12-17,19H2,1-2H3,(H,28,34). The van der Waals surface area contributed by atoms with Gasteiger partial charge in [0.1, 0.15) is 11.3 Å². The number of fused-ring (bicyclic) bond motifs is 1. The molecule has 1 aromatic heterocycles. The summed E-state index contributed by atoms with van der Waals surface area (Å²) < 4.78 is 7.76. The molecule has 0 atom stereocenters. The first kappa shape index (κ1) is 25.4. The molecule has 0 bridgehead atoms. The van der Waals surface area contributed by atoms with E-state index < -0.39 is 0 Å². The van der Waals surface area contributed by atoms with E-state index in [2.05, 4.69) is 25.4 Å². The van der Waals surface area contributed by atoms with Gasteiger partial charge in [-0.25, -0.2) is 4.68 Å². The highest BCUT2D eigenvalue weighted by Crippen LogP contribution is 2.22. The number of hydrogen-bond acceptors (Lipinski definition) is 6. The van der Waals surface area contributed by atoms with Gasteiger partial charge in [0.2, 0.25) is 5.91 Å². The molecular formula is C26H35ClN6O2. The number of benzene rings is 2. The topological polar surface area (TPSA) is 75.5 Å². The fourth-order valence-corrected chi connectivity index (χ4v) is 4.44. The van der Waals surface area contributed by atoms with E-state index in [1.54, 1.807) is 4.68 Å². The van der Waals surface area contributed by atoms with Crippen LogP contribution in [0.2, 0.25) is 5.02 Å². The average molecular weight is 499 g/mol. The highest BCUT2D eigenvalue weighted by Gasteiger charge is 2.18. The molecule has 0 saturated carbocycles. The molecule has 1 aliphatic heterocycles. The number of aromatic nitrogens is 3. The normalized spacial score (nSPS) is 15.1. The third-order valence-corrected chi connectivity index (χ3v) is 6.41. The fourth-order valence-electron chi connectivity index (χ4n) is 4.31. The summed E-state index contributed by atoms with van der Waals surface area (Å²) in [6.45, 7) is 10.3. The number of carbonyl (C=O) groups is 1. The predicted molar refractivity (Wildman–Crippen MR) is 139 cm³/mol. The molecule has 1 fully saturated rings. The highest BCUT2D eigenvalue weighted by molar-refractivity contribution is 6.30. The largest absolute Gasteiger partial charge is 0.494 e. The SMILES string of the molecule is CC(C)NC(=O)CN1CCN(CCCCCOc2ccc3c(c2)nnn3-c2ccc(Cl)cc2)CC1. The summed E-state index contributed by atoms with van der Waals surface area (Å²) in [5.41, 5.74) is 2.65. The molecule has 8 nitrogen and oxygen atoms in total. The van der Waals surface area contributed by atoms with Crippen molar-refractivity contribution < 1.29 is 9.53 Å². The van der Waals surface area contributed by atoms with Crippen LogP contribution in [0.5, 0.6) is 5.75 Å². The Bertz CT molecular complexity index is 1090. The second kappa shape index (κ2) is 12.3. The summed E-state index contributed by atoms with van der Waals surface area (Å²) in [6, 6.07) is 13.6. The van der Waals surface area contributed by atoms with Crippen molar-refractivity contribution in [2.45, 2.75) is 39.2 Å². The lowest BCUT2D eigenvalue weighted by atomic mass is 10.2. The molecule has 2 heterocycles. The number of ether oxygens (including phenoxy) is 1. The molecule has 1 amide bonds. The molecule has 35 heavy (non-hydrogen) atoms. The van der Waals surface area contributed by atoms with Crippen molar-refractivity contribution in [3.8, 4) is 11.4 Å². The van der Waals surface area contributed by atoms with Crippen molar-refractivity contribution in [3.63, 3.8) is 0 Å². The minimum absolute atomic E-state index is 0.124. The molecule has 1 aliphatic rings. The lowest BCUT2D eigenvalue weighted by Gasteiger charge is -2.34. The van der Waals surface area contributed by atoms with E-state index in [4.69, 9.17) is 16.3 Å². The molecule has 0 aliphatic carbocycles. The summed E-state index contributed by atoms with van der Waals surface area (Å²) in [7, 11) is 0. The lowest BCUT2D eigenvalue weighted by molar-refractivity contribution is -0.123. The van der Waals surface area contributed by atoms with E-state index in [-0.39, 0.29) is 11.9 Å². The first-order valence-corrected chi connectivity index (χ1v) is 12.8. The van der Waals surface area contributed by atoms with Crippen LogP contribution in [-0.4, -0.2) is 82.6 Å². The molecule has 0 spiro atoms. The molecule has 4 rings (SSSR count). The number of piperazine rings is 1. The van der Waals surface area contributed by atoms with Gasteiger partial charge in [0.25, 0.3) is 0 Å².